The molecule has 0 bridgehead atoms. The molecule has 0 saturated carbocycles. The van der Waals surface area contributed by atoms with Crippen molar-refractivity contribution in [3.63, 3.8) is 0 Å². The van der Waals surface area contributed by atoms with Crippen LogP contribution in [0, 0.1) is 5.92 Å². The minimum atomic E-state index is -0.520. The molecule has 2 atom stereocenters. The molecule has 1 aromatic rings. The number of aliphatic hydroxyl groups is 1. The van der Waals surface area contributed by atoms with Crippen LogP contribution in [0.5, 0.6) is 5.75 Å². The van der Waals surface area contributed by atoms with Crippen molar-refractivity contribution >= 4 is 5.91 Å². The SMILES string of the molecule is CC(C)C(=O)NC1CCOc2ccc(C(C)O)cc21. The van der Waals surface area contributed by atoms with E-state index in [2.05, 4.69) is 5.32 Å². The summed E-state index contributed by atoms with van der Waals surface area (Å²) in [5.74, 6) is 0.802. The van der Waals surface area contributed by atoms with E-state index in [0.717, 1.165) is 23.3 Å². The lowest BCUT2D eigenvalue weighted by Crippen LogP contribution is -2.34. The van der Waals surface area contributed by atoms with Gasteiger partial charge in [-0.15, -0.1) is 0 Å². The Morgan fingerprint density at radius 3 is 2.79 bits per heavy atom. The number of rotatable bonds is 3. The van der Waals surface area contributed by atoms with Crippen molar-refractivity contribution in [2.75, 3.05) is 6.61 Å². The Kier molecular flexibility index (Phi) is 4.10. The molecule has 1 heterocycles. The monoisotopic (exact) mass is 263 g/mol. The molecule has 1 amide bonds. The number of nitrogens with one attached hydrogen (secondary N) is 1. The summed E-state index contributed by atoms with van der Waals surface area (Å²) in [7, 11) is 0. The Balaban J connectivity index is 2.26. The molecule has 0 spiro atoms. The van der Waals surface area contributed by atoms with Gasteiger partial charge >= 0.3 is 0 Å². The maximum Gasteiger partial charge on any atom is 0.223 e. The third-order valence-electron chi connectivity index (χ3n) is 3.40. The molecule has 0 aliphatic carbocycles. The first-order valence-electron chi connectivity index (χ1n) is 6.74. The molecule has 2 rings (SSSR count). The van der Waals surface area contributed by atoms with E-state index in [9.17, 15) is 9.90 Å². The van der Waals surface area contributed by atoms with Gasteiger partial charge in [0.15, 0.2) is 0 Å². The van der Waals surface area contributed by atoms with Crippen molar-refractivity contribution in [1.82, 2.24) is 5.32 Å². The average Bonchev–Trinajstić information content (AvgIpc) is 2.38. The van der Waals surface area contributed by atoms with Gasteiger partial charge in [-0.1, -0.05) is 19.9 Å². The Morgan fingerprint density at radius 2 is 2.16 bits per heavy atom. The molecule has 104 valence electrons. The molecule has 0 radical (unpaired) electrons. The Hall–Kier alpha value is -1.55. The minimum absolute atomic E-state index is 0.0302. The molecule has 0 aromatic heterocycles. The van der Waals surface area contributed by atoms with E-state index in [4.69, 9.17) is 4.74 Å². The van der Waals surface area contributed by atoms with Crippen LogP contribution in [-0.2, 0) is 4.79 Å². The number of benzene rings is 1. The number of ether oxygens (including phenoxy) is 1. The van der Waals surface area contributed by atoms with Gasteiger partial charge in [-0.2, -0.15) is 0 Å². The van der Waals surface area contributed by atoms with Gasteiger partial charge < -0.3 is 15.2 Å². The molecular formula is C15H21NO3. The Bertz CT molecular complexity index is 468. The van der Waals surface area contributed by atoms with Gasteiger partial charge in [-0.3, -0.25) is 4.79 Å². The van der Waals surface area contributed by atoms with E-state index in [0.29, 0.717) is 6.61 Å². The molecule has 19 heavy (non-hydrogen) atoms. The molecule has 0 saturated heterocycles. The summed E-state index contributed by atoms with van der Waals surface area (Å²) in [6, 6.07) is 5.61. The van der Waals surface area contributed by atoms with Gasteiger partial charge in [0.1, 0.15) is 5.75 Å². The highest BCUT2D eigenvalue weighted by Gasteiger charge is 2.24. The third kappa shape index (κ3) is 3.07. The van der Waals surface area contributed by atoms with Gasteiger partial charge in [0.2, 0.25) is 5.91 Å². The van der Waals surface area contributed by atoms with E-state index < -0.39 is 6.10 Å². The van der Waals surface area contributed by atoms with Crippen molar-refractivity contribution in [2.24, 2.45) is 5.92 Å². The van der Waals surface area contributed by atoms with Gasteiger partial charge in [-0.25, -0.2) is 0 Å². The zero-order chi connectivity index (χ0) is 14.0. The summed E-state index contributed by atoms with van der Waals surface area (Å²) in [5, 5.41) is 12.7. The summed E-state index contributed by atoms with van der Waals surface area (Å²) < 4.78 is 5.60. The highest BCUT2D eigenvalue weighted by Crippen LogP contribution is 2.34. The number of hydrogen-bond acceptors (Lipinski definition) is 3. The van der Waals surface area contributed by atoms with E-state index >= 15 is 0 Å². The van der Waals surface area contributed by atoms with E-state index in [1.807, 2.05) is 32.0 Å². The topological polar surface area (TPSA) is 58.6 Å². The maximum absolute atomic E-state index is 11.8. The van der Waals surface area contributed by atoms with Gasteiger partial charge in [0.25, 0.3) is 0 Å². The first kappa shape index (κ1) is 13.9. The molecule has 2 unspecified atom stereocenters. The molecule has 4 heteroatoms. The van der Waals surface area contributed by atoms with Crippen LogP contribution in [0.15, 0.2) is 18.2 Å². The van der Waals surface area contributed by atoms with Crippen molar-refractivity contribution < 1.29 is 14.6 Å². The van der Waals surface area contributed by atoms with E-state index in [-0.39, 0.29) is 17.9 Å². The van der Waals surface area contributed by atoms with Crippen LogP contribution >= 0.6 is 0 Å². The van der Waals surface area contributed by atoms with Crippen LogP contribution in [0.2, 0.25) is 0 Å². The number of carbonyl (C=O) groups excluding carboxylic acids is 1. The number of hydrogen-bond donors (Lipinski definition) is 2. The normalized spacial score (nSPS) is 19.5. The van der Waals surface area contributed by atoms with Crippen LogP contribution < -0.4 is 10.1 Å². The van der Waals surface area contributed by atoms with Crippen LogP contribution in [0.25, 0.3) is 0 Å². The molecule has 1 aliphatic heterocycles. The summed E-state index contributed by atoms with van der Waals surface area (Å²) >= 11 is 0. The fraction of sp³-hybridized carbons (Fsp3) is 0.533. The van der Waals surface area contributed by atoms with Crippen LogP contribution in [0.4, 0.5) is 0 Å². The lowest BCUT2D eigenvalue weighted by Gasteiger charge is -2.28. The second kappa shape index (κ2) is 5.61. The van der Waals surface area contributed by atoms with Gasteiger partial charge in [0, 0.05) is 17.9 Å². The zero-order valence-electron chi connectivity index (χ0n) is 11.6. The standard InChI is InChI=1S/C15H21NO3/c1-9(2)15(18)16-13-6-7-19-14-5-4-11(10(3)17)8-12(13)14/h4-5,8-10,13,17H,6-7H2,1-3H3,(H,16,18). The van der Waals surface area contributed by atoms with Gasteiger partial charge in [-0.05, 0) is 24.6 Å². The largest absolute Gasteiger partial charge is 0.493 e. The fourth-order valence-electron chi connectivity index (χ4n) is 2.16. The highest BCUT2D eigenvalue weighted by atomic mass is 16.5. The Morgan fingerprint density at radius 1 is 1.42 bits per heavy atom. The summed E-state index contributed by atoms with van der Waals surface area (Å²) in [6.45, 7) is 6.08. The number of carbonyl (C=O) groups is 1. The van der Waals surface area contributed by atoms with Gasteiger partial charge in [0.05, 0.1) is 18.8 Å². The first-order valence-corrected chi connectivity index (χ1v) is 6.74. The lowest BCUT2D eigenvalue weighted by molar-refractivity contribution is -0.124. The van der Waals surface area contributed by atoms with Crippen LogP contribution in [-0.4, -0.2) is 17.6 Å². The van der Waals surface area contributed by atoms with Crippen LogP contribution in [0.1, 0.15) is 50.5 Å². The second-order valence-corrected chi connectivity index (χ2v) is 5.33. The highest BCUT2D eigenvalue weighted by molar-refractivity contribution is 5.78. The van der Waals surface area contributed by atoms with Crippen molar-refractivity contribution in [3.05, 3.63) is 29.3 Å². The number of aliphatic hydroxyl groups excluding tert-OH is 1. The molecule has 1 aliphatic rings. The second-order valence-electron chi connectivity index (χ2n) is 5.33. The van der Waals surface area contributed by atoms with E-state index in [1.165, 1.54) is 0 Å². The van der Waals surface area contributed by atoms with Crippen molar-refractivity contribution in [3.8, 4) is 5.75 Å². The summed E-state index contributed by atoms with van der Waals surface area (Å²) in [5.41, 5.74) is 1.80. The Labute approximate surface area is 113 Å². The predicted octanol–water partition coefficient (Wildman–Crippen LogP) is 2.34. The summed E-state index contributed by atoms with van der Waals surface area (Å²) in [4.78, 5) is 11.8. The molecule has 1 aromatic carbocycles. The summed E-state index contributed by atoms with van der Waals surface area (Å²) in [6.07, 6.45) is 0.239. The predicted molar refractivity (Wildman–Crippen MR) is 72.9 cm³/mol. The number of amides is 1. The molecule has 4 nitrogen and oxygen atoms in total. The minimum Gasteiger partial charge on any atom is -0.493 e. The van der Waals surface area contributed by atoms with Crippen LogP contribution in [0.3, 0.4) is 0 Å². The quantitative estimate of drug-likeness (QED) is 0.880. The molecule has 0 fully saturated rings. The third-order valence-corrected chi connectivity index (χ3v) is 3.40. The zero-order valence-corrected chi connectivity index (χ0v) is 11.6. The smallest absolute Gasteiger partial charge is 0.223 e. The van der Waals surface area contributed by atoms with Crippen molar-refractivity contribution in [2.45, 2.75) is 39.3 Å². The number of fused-ring (bicyclic) bond motifs is 1. The maximum atomic E-state index is 11.8. The average molecular weight is 263 g/mol. The first-order chi connectivity index (χ1) is 8.99. The molecular weight excluding hydrogens is 242 g/mol. The fourth-order valence-corrected chi connectivity index (χ4v) is 2.16. The lowest BCUT2D eigenvalue weighted by atomic mass is 9.96. The van der Waals surface area contributed by atoms with Crippen molar-refractivity contribution in [1.29, 1.82) is 0 Å². The van der Waals surface area contributed by atoms with E-state index in [1.54, 1.807) is 6.92 Å². The molecule has 2 N–H and O–H groups in total.